The van der Waals surface area contributed by atoms with Crippen molar-refractivity contribution in [2.75, 3.05) is 50.5 Å². The molecule has 4 rings (SSSR count). The Morgan fingerprint density at radius 2 is 1.94 bits per heavy atom. The Morgan fingerprint density at radius 1 is 1.19 bits per heavy atom. The molecule has 0 radical (unpaired) electrons. The minimum Gasteiger partial charge on any atom is -0.369 e. The summed E-state index contributed by atoms with van der Waals surface area (Å²) in [5.74, 6) is 0.400. The zero-order valence-corrected chi connectivity index (χ0v) is 19.9. The Labute approximate surface area is 191 Å². The van der Waals surface area contributed by atoms with Crippen LogP contribution in [0.4, 0.5) is 11.5 Å². The summed E-state index contributed by atoms with van der Waals surface area (Å²) >= 11 is 0. The Balaban J connectivity index is 0.00000141. The summed E-state index contributed by atoms with van der Waals surface area (Å²) in [6, 6.07) is 12.2. The minimum absolute atomic E-state index is 0.148. The number of benzene rings is 1. The van der Waals surface area contributed by atoms with E-state index in [2.05, 4.69) is 63.6 Å². The van der Waals surface area contributed by atoms with Crippen molar-refractivity contribution in [1.82, 2.24) is 20.2 Å². The number of anilines is 2. The lowest BCUT2D eigenvalue weighted by molar-refractivity contribution is 0.102. The fourth-order valence-electron chi connectivity index (χ4n) is 4.11. The number of pyridine rings is 1. The third kappa shape index (κ3) is 5.47. The van der Waals surface area contributed by atoms with Crippen molar-refractivity contribution >= 4 is 28.3 Å². The van der Waals surface area contributed by atoms with Crippen LogP contribution in [0.15, 0.2) is 42.6 Å². The van der Waals surface area contributed by atoms with E-state index in [9.17, 15) is 4.79 Å². The number of rotatable bonds is 6. The monoisotopic (exact) mass is 436 g/mol. The highest BCUT2D eigenvalue weighted by Gasteiger charge is 2.16. The largest absolute Gasteiger partial charge is 0.369 e. The standard InChI is InChI=1S/C23H30N6O.C2H6/c1-4-21(28(2)3)20-13-17-15-25-22(14-19(17)26-20)27-23(30)16-6-5-7-18(12-16)29-10-8-24-9-11-29;1-2/h5-7,12-15,21,24,26H,4,8-11H2,1-3H3,(H,25,27,30);1-2H3. The molecule has 0 aliphatic carbocycles. The van der Waals surface area contributed by atoms with Crippen molar-refractivity contribution in [3.05, 3.63) is 53.9 Å². The molecule has 0 bridgehead atoms. The molecule has 1 aliphatic rings. The van der Waals surface area contributed by atoms with E-state index >= 15 is 0 Å². The first-order valence-corrected chi connectivity index (χ1v) is 11.6. The lowest BCUT2D eigenvalue weighted by Crippen LogP contribution is -2.43. The van der Waals surface area contributed by atoms with Gasteiger partial charge in [0.2, 0.25) is 0 Å². The summed E-state index contributed by atoms with van der Waals surface area (Å²) in [5, 5.41) is 7.34. The van der Waals surface area contributed by atoms with Crippen LogP contribution in [0, 0.1) is 0 Å². The highest BCUT2D eigenvalue weighted by molar-refractivity contribution is 6.05. The normalized spacial score (nSPS) is 14.8. The van der Waals surface area contributed by atoms with E-state index in [1.165, 1.54) is 0 Å². The maximum absolute atomic E-state index is 12.8. The molecule has 3 aromatic rings. The molecule has 1 atom stereocenters. The van der Waals surface area contributed by atoms with E-state index in [4.69, 9.17) is 0 Å². The maximum atomic E-state index is 12.8. The number of carbonyl (C=O) groups is 1. The number of amides is 1. The fourth-order valence-corrected chi connectivity index (χ4v) is 4.11. The molecule has 1 saturated heterocycles. The number of hydrogen-bond donors (Lipinski definition) is 3. The first kappa shape index (κ1) is 23.8. The first-order valence-electron chi connectivity index (χ1n) is 11.6. The van der Waals surface area contributed by atoms with Gasteiger partial charge in [-0.3, -0.25) is 4.79 Å². The van der Waals surface area contributed by atoms with E-state index in [-0.39, 0.29) is 5.91 Å². The molecular formula is C25H36N6O. The molecule has 1 aromatic carbocycles. The lowest BCUT2D eigenvalue weighted by Gasteiger charge is -2.29. The number of nitrogens with one attached hydrogen (secondary N) is 3. The molecule has 172 valence electrons. The molecule has 1 fully saturated rings. The number of piperazine rings is 1. The van der Waals surface area contributed by atoms with Gasteiger partial charge >= 0.3 is 0 Å². The molecule has 2 aromatic heterocycles. The SMILES string of the molecule is CC.CCC(c1cc2cnc(NC(=O)c3cccc(N4CCNCC4)c3)cc2[nH]1)N(C)C. The van der Waals surface area contributed by atoms with Gasteiger partial charge in [-0.1, -0.05) is 26.8 Å². The predicted molar refractivity (Wildman–Crippen MR) is 134 cm³/mol. The highest BCUT2D eigenvalue weighted by Crippen LogP contribution is 2.26. The van der Waals surface area contributed by atoms with Gasteiger partial charge in [0, 0.05) is 66.8 Å². The molecule has 1 unspecified atom stereocenters. The van der Waals surface area contributed by atoms with Crippen molar-refractivity contribution in [2.24, 2.45) is 0 Å². The Hall–Kier alpha value is -2.90. The van der Waals surface area contributed by atoms with Gasteiger partial charge in [-0.2, -0.15) is 0 Å². The smallest absolute Gasteiger partial charge is 0.256 e. The second-order valence-electron chi connectivity index (χ2n) is 8.01. The minimum atomic E-state index is -0.148. The van der Waals surface area contributed by atoms with Gasteiger partial charge in [0.1, 0.15) is 5.82 Å². The van der Waals surface area contributed by atoms with Gasteiger partial charge in [0.05, 0.1) is 5.52 Å². The summed E-state index contributed by atoms with van der Waals surface area (Å²) < 4.78 is 0. The van der Waals surface area contributed by atoms with E-state index in [0.29, 0.717) is 17.4 Å². The molecule has 3 N–H and O–H groups in total. The van der Waals surface area contributed by atoms with Gasteiger partial charge < -0.3 is 25.4 Å². The van der Waals surface area contributed by atoms with Crippen LogP contribution in [0.25, 0.3) is 10.9 Å². The number of nitrogens with zero attached hydrogens (tertiary/aromatic N) is 3. The van der Waals surface area contributed by atoms with Crippen molar-refractivity contribution in [2.45, 2.75) is 33.2 Å². The third-order valence-electron chi connectivity index (χ3n) is 5.73. The summed E-state index contributed by atoms with van der Waals surface area (Å²) in [5.41, 5.74) is 3.85. The van der Waals surface area contributed by atoms with Crippen LogP contribution in [0.5, 0.6) is 0 Å². The van der Waals surface area contributed by atoms with Crippen LogP contribution in [0.3, 0.4) is 0 Å². The van der Waals surface area contributed by atoms with Gasteiger partial charge in [0.25, 0.3) is 5.91 Å². The number of aromatic amines is 1. The Morgan fingerprint density at radius 3 is 2.62 bits per heavy atom. The number of hydrogen-bond acceptors (Lipinski definition) is 5. The van der Waals surface area contributed by atoms with Crippen molar-refractivity contribution in [3.8, 4) is 0 Å². The average molecular weight is 437 g/mol. The number of H-pyrrole nitrogens is 1. The molecule has 0 saturated carbocycles. The van der Waals surface area contributed by atoms with E-state index in [0.717, 1.165) is 54.9 Å². The van der Waals surface area contributed by atoms with E-state index in [1.54, 1.807) is 0 Å². The van der Waals surface area contributed by atoms with Gasteiger partial charge in [-0.05, 0) is 44.8 Å². The van der Waals surface area contributed by atoms with Crippen LogP contribution in [-0.2, 0) is 0 Å². The Bertz CT molecular complexity index is 1020. The summed E-state index contributed by atoms with van der Waals surface area (Å²) in [7, 11) is 4.16. The predicted octanol–water partition coefficient (Wildman–Crippen LogP) is 4.26. The second kappa shape index (κ2) is 11.1. The lowest BCUT2D eigenvalue weighted by atomic mass is 10.1. The number of fused-ring (bicyclic) bond motifs is 1. The molecule has 3 heterocycles. The zero-order chi connectivity index (χ0) is 23.1. The second-order valence-corrected chi connectivity index (χ2v) is 8.01. The quantitative estimate of drug-likeness (QED) is 0.538. The maximum Gasteiger partial charge on any atom is 0.256 e. The third-order valence-corrected chi connectivity index (χ3v) is 5.73. The molecule has 1 amide bonds. The zero-order valence-electron chi connectivity index (χ0n) is 19.9. The number of aromatic nitrogens is 2. The number of carbonyl (C=O) groups excluding carboxylic acids is 1. The van der Waals surface area contributed by atoms with Crippen LogP contribution < -0.4 is 15.5 Å². The van der Waals surface area contributed by atoms with Crippen molar-refractivity contribution in [3.63, 3.8) is 0 Å². The summed E-state index contributed by atoms with van der Waals surface area (Å²) in [4.78, 5) is 25.3. The highest BCUT2D eigenvalue weighted by atomic mass is 16.1. The molecule has 7 heteroatoms. The van der Waals surface area contributed by atoms with Gasteiger partial charge in [-0.25, -0.2) is 4.98 Å². The van der Waals surface area contributed by atoms with Gasteiger partial charge in [-0.15, -0.1) is 0 Å². The summed E-state index contributed by atoms with van der Waals surface area (Å²) in [6.45, 7) is 10.00. The van der Waals surface area contributed by atoms with Crippen LogP contribution in [0.2, 0.25) is 0 Å². The van der Waals surface area contributed by atoms with E-state index in [1.807, 2.05) is 44.3 Å². The molecule has 7 nitrogen and oxygen atoms in total. The van der Waals surface area contributed by atoms with Gasteiger partial charge in [0.15, 0.2) is 0 Å². The first-order chi connectivity index (χ1) is 15.5. The Kier molecular flexibility index (Phi) is 8.25. The molecule has 1 aliphatic heterocycles. The van der Waals surface area contributed by atoms with Crippen LogP contribution in [0.1, 0.15) is 49.3 Å². The van der Waals surface area contributed by atoms with Crippen LogP contribution >= 0.6 is 0 Å². The average Bonchev–Trinajstić information content (AvgIpc) is 3.24. The van der Waals surface area contributed by atoms with Crippen LogP contribution in [-0.4, -0.2) is 61.0 Å². The van der Waals surface area contributed by atoms with Crippen molar-refractivity contribution < 1.29 is 4.79 Å². The van der Waals surface area contributed by atoms with E-state index < -0.39 is 0 Å². The van der Waals surface area contributed by atoms with Crippen molar-refractivity contribution in [1.29, 1.82) is 0 Å². The summed E-state index contributed by atoms with van der Waals surface area (Å²) in [6.07, 6.45) is 2.82. The molecule has 32 heavy (non-hydrogen) atoms. The molecule has 0 spiro atoms. The molecular weight excluding hydrogens is 400 g/mol. The topological polar surface area (TPSA) is 76.3 Å². The fraction of sp³-hybridized carbons (Fsp3) is 0.440.